The Balaban J connectivity index is -0.00000264. The minimum absolute atomic E-state index is 0. The topological polar surface area (TPSA) is 219 Å². The molecule has 0 aliphatic carbocycles. The van der Waals surface area contributed by atoms with Crippen molar-refractivity contribution in [1.82, 2.24) is 9.80 Å². The largest absolute Gasteiger partial charge is 1.00 e. The molecule has 0 rings (SSSR count). The second-order valence-corrected chi connectivity index (χ2v) is 6.18. The van der Waals surface area contributed by atoms with E-state index in [4.69, 9.17) is 20.4 Å². The van der Waals surface area contributed by atoms with Gasteiger partial charge in [0.15, 0.2) is 0 Å². The molecule has 4 N–H and O–H groups in total. The van der Waals surface area contributed by atoms with E-state index < -0.39 is 70.0 Å². The van der Waals surface area contributed by atoms with E-state index in [0.29, 0.717) is 4.90 Å². The van der Waals surface area contributed by atoms with Gasteiger partial charge in [-0.25, -0.2) is 0 Å². The second-order valence-electron chi connectivity index (χ2n) is 4.61. The van der Waals surface area contributed by atoms with Gasteiger partial charge >= 0.3 is 83.0 Å². The van der Waals surface area contributed by atoms with Crippen molar-refractivity contribution >= 4 is 31.5 Å². The molecule has 138 valence electrons. The minimum Gasteiger partial charge on any atom is -0.809 e. The Bertz CT molecular complexity index is 539. The Hall–Kier alpha value is -0.0500. The van der Waals surface area contributed by atoms with Crippen LogP contribution in [0.15, 0.2) is 0 Å². The van der Waals surface area contributed by atoms with Crippen LogP contribution in [0.1, 0.15) is 0 Å². The van der Waals surface area contributed by atoms with Crippen molar-refractivity contribution in [2.24, 2.45) is 0 Å². The molecule has 0 fully saturated rings. The summed E-state index contributed by atoms with van der Waals surface area (Å²) in [5.41, 5.74) is 0. The van der Waals surface area contributed by atoms with Gasteiger partial charge < -0.3 is 34.8 Å². The van der Waals surface area contributed by atoms with Gasteiger partial charge in [-0.2, -0.15) is 0 Å². The summed E-state index contributed by atoms with van der Waals surface area (Å²) >= 11 is 0. The number of nitrogens with zero attached hydrogens (tertiary/aromatic N) is 2. The Labute approximate surface area is 191 Å². The van der Waals surface area contributed by atoms with Crippen molar-refractivity contribution in [3.05, 3.63) is 0 Å². The van der Waals surface area contributed by atoms with Crippen molar-refractivity contribution in [2.75, 3.05) is 32.7 Å². The fraction of sp³-hybridized carbons (Fsp3) is 0.600. The van der Waals surface area contributed by atoms with Gasteiger partial charge in [0.2, 0.25) is 0 Å². The molecule has 0 saturated heterocycles. The zero-order valence-corrected chi connectivity index (χ0v) is 19.0. The smallest absolute Gasteiger partial charge is 0.809 e. The van der Waals surface area contributed by atoms with Gasteiger partial charge in [0, 0.05) is 13.1 Å². The molecular formula is C10H15N2Na2O11P. The number of rotatable bonds is 12. The molecule has 13 nitrogen and oxygen atoms in total. The summed E-state index contributed by atoms with van der Waals surface area (Å²) in [4.78, 5) is 66.2. The summed E-state index contributed by atoms with van der Waals surface area (Å²) in [5.74, 6) is -9.21. The number of hydrogen-bond acceptors (Lipinski definition) is 9. The van der Waals surface area contributed by atoms with E-state index >= 15 is 0 Å². The van der Waals surface area contributed by atoms with E-state index in [-0.39, 0.29) is 59.1 Å². The van der Waals surface area contributed by atoms with Crippen molar-refractivity contribution < 1.29 is 113 Å². The maximum absolute atomic E-state index is 11.1. The Kier molecular flexibility index (Phi) is 16.5. The van der Waals surface area contributed by atoms with Crippen LogP contribution in [-0.4, -0.2) is 92.6 Å². The molecular weight excluding hydrogens is 401 g/mol. The van der Waals surface area contributed by atoms with Crippen LogP contribution >= 0.6 is 7.60 Å². The molecule has 0 heterocycles. The summed E-state index contributed by atoms with van der Waals surface area (Å²) in [6.07, 6.45) is 0. The van der Waals surface area contributed by atoms with Gasteiger partial charge in [-0.3, -0.25) is 29.0 Å². The number of carboxylic acids is 4. The Morgan fingerprint density at radius 1 is 0.808 bits per heavy atom. The van der Waals surface area contributed by atoms with E-state index in [1.54, 1.807) is 0 Å². The molecule has 0 aromatic carbocycles. The van der Waals surface area contributed by atoms with E-state index in [1.165, 1.54) is 0 Å². The van der Waals surface area contributed by atoms with Crippen LogP contribution in [0.25, 0.3) is 0 Å². The molecule has 0 saturated carbocycles. The van der Waals surface area contributed by atoms with Crippen LogP contribution in [-0.2, 0) is 23.7 Å². The number of aliphatic carboxylic acids is 4. The first kappa shape index (κ1) is 30.7. The molecule has 0 radical (unpaired) electrons. The first-order valence-corrected chi connectivity index (χ1v) is 7.82. The van der Waals surface area contributed by atoms with E-state index in [0.717, 1.165) is 4.90 Å². The quantitative estimate of drug-likeness (QED) is 0.172. The molecule has 0 spiro atoms. The van der Waals surface area contributed by atoms with Crippen LogP contribution in [0, 0.1) is 0 Å². The minimum atomic E-state index is -5.75. The molecule has 1 atom stereocenters. The predicted molar refractivity (Wildman–Crippen MR) is 70.0 cm³/mol. The van der Waals surface area contributed by atoms with Gasteiger partial charge in [-0.1, -0.05) is 0 Å². The molecule has 0 aliphatic heterocycles. The number of carboxylic acid groups (broad SMARTS) is 4. The Morgan fingerprint density at radius 3 is 1.46 bits per heavy atom. The molecule has 16 heteroatoms. The van der Waals surface area contributed by atoms with Gasteiger partial charge in [-0.05, 0) is 7.60 Å². The van der Waals surface area contributed by atoms with Gasteiger partial charge in [0.05, 0.1) is 19.6 Å². The third kappa shape index (κ3) is 13.2. The van der Waals surface area contributed by atoms with Gasteiger partial charge in [0.1, 0.15) is 5.78 Å². The maximum Gasteiger partial charge on any atom is 1.00 e. The first-order chi connectivity index (χ1) is 10.8. The first-order valence-electron chi connectivity index (χ1n) is 6.21. The van der Waals surface area contributed by atoms with Crippen LogP contribution < -0.4 is 68.9 Å². The van der Waals surface area contributed by atoms with E-state index in [1.807, 2.05) is 0 Å². The molecule has 1 unspecified atom stereocenters. The molecule has 0 aliphatic rings. The molecule has 0 bridgehead atoms. The van der Waals surface area contributed by atoms with Crippen LogP contribution in [0.2, 0.25) is 0 Å². The zero-order chi connectivity index (χ0) is 19.1. The summed E-state index contributed by atoms with van der Waals surface area (Å²) in [7, 11) is -5.75. The summed E-state index contributed by atoms with van der Waals surface area (Å²) in [5, 5.41) is 34.9. The van der Waals surface area contributed by atoms with Crippen LogP contribution in [0.4, 0.5) is 0 Å². The summed E-state index contributed by atoms with van der Waals surface area (Å²) < 4.78 is 11.1. The van der Waals surface area contributed by atoms with E-state index in [2.05, 4.69) is 0 Å². The summed E-state index contributed by atoms with van der Waals surface area (Å²) in [6, 6.07) is 0. The fourth-order valence-electron chi connectivity index (χ4n) is 1.82. The molecule has 0 aromatic heterocycles. The van der Waals surface area contributed by atoms with Crippen molar-refractivity contribution in [3.8, 4) is 0 Å². The van der Waals surface area contributed by atoms with Gasteiger partial charge in [0.25, 0.3) is 0 Å². The fourth-order valence-corrected chi connectivity index (χ4v) is 2.69. The average Bonchev–Trinajstić information content (AvgIpc) is 2.31. The Morgan fingerprint density at radius 2 is 1.19 bits per heavy atom. The van der Waals surface area contributed by atoms with E-state index in [9.17, 15) is 33.5 Å². The zero-order valence-electron chi connectivity index (χ0n) is 14.1. The molecule has 26 heavy (non-hydrogen) atoms. The predicted octanol–water partition coefficient (Wildman–Crippen LogP) is -9.82. The molecule has 0 aromatic rings. The standard InChI is InChI=1S/C10H17N2O11P.2Na/c13-6(14)3-11(4-7(15)16)1-2-12(5-8(17)18)9(10(19)20)24(21,22)23;;/h9H,1-5H2,(H,13,14)(H,15,16)(H,17,18)(H,19,20)(H2,21,22,23);;/q;2*+1/p-2. The molecule has 0 amide bonds. The van der Waals surface area contributed by atoms with Gasteiger partial charge in [-0.15, -0.1) is 0 Å². The second kappa shape index (κ2) is 14.0. The van der Waals surface area contributed by atoms with Crippen molar-refractivity contribution in [3.63, 3.8) is 0 Å². The third-order valence-electron chi connectivity index (χ3n) is 2.63. The monoisotopic (exact) mass is 416 g/mol. The maximum atomic E-state index is 11.1. The van der Waals surface area contributed by atoms with Crippen LogP contribution in [0.3, 0.4) is 0 Å². The van der Waals surface area contributed by atoms with Crippen molar-refractivity contribution in [2.45, 2.75) is 5.78 Å². The van der Waals surface area contributed by atoms with Crippen molar-refractivity contribution in [1.29, 1.82) is 0 Å². The number of hydrogen-bond donors (Lipinski definition) is 4. The number of carbonyl (C=O) groups is 4. The SMILES string of the molecule is O=C(O)CN(CCN(CC(=O)O)C(C(=O)O)P(=O)([O-])[O-])CC(=O)O.[Na+].[Na+]. The average molecular weight is 416 g/mol. The van der Waals surface area contributed by atoms with Crippen LogP contribution in [0.5, 0.6) is 0 Å². The normalized spacial score (nSPS) is 12.0. The summed E-state index contributed by atoms with van der Waals surface area (Å²) in [6.45, 7) is -3.82. The third-order valence-corrected chi connectivity index (χ3v) is 3.77.